The topological polar surface area (TPSA) is 50.5 Å². The molecule has 0 N–H and O–H groups in total. The van der Waals surface area contributed by atoms with Crippen molar-refractivity contribution in [3.8, 4) is 11.3 Å². The number of furan rings is 1. The predicted octanol–water partition coefficient (Wildman–Crippen LogP) is 4.48. The molecule has 0 atom stereocenters. The van der Waals surface area contributed by atoms with Crippen molar-refractivity contribution in [3.63, 3.8) is 0 Å². The summed E-state index contributed by atoms with van der Waals surface area (Å²) in [4.78, 5) is 25.5. The third kappa shape index (κ3) is 3.14. The van der Waals surface area contributed by atoms with Crippen molar-refractivity contribution in [1.29, 1.82) is 0 Å². The zero-order valence-electron chi connectivity index (χ0n) is 12.6. The van der Waals surface area contributed by atoms with Crippen LogP contribution in [0.4, 0.5) is 4.79 Å². The highest BCUT2D eigenvalue weighted by Gasteiger charge is 2.34. The molecular weight excluding hydrogens is 310 g/mol. The fraction of sp³-hybridized carbons (Fsp3) is 0.111. The predicted molar refractivity (Wildman–Crippen MR) is 91.8 cm³/mol. The van der Waals surface area contributed by atoms with Gasteiger partial charge < -0.3 is 4.42 Å². The summed E-state index contributed by atoms with van der Waals surface area (Å²) in [6, 6.07) is 11.6. The highest BCUT2D eigenvalue weighted by Crippen LogP contribution is 2.33. The van der Waals surface area contributed by atoms with Gasteiger partial charge in [0.25, 0.3) is 11.1 Å². The van der Waals surface area contributed by atoms with Gasteiger partial charge in [0.2, 0.25) is 0 Å². The van der Waals surface area contributed by atoms with Crippen molar-refractivity contribution < 1.29 is 14.0 Å². The number of amides is 2. The summed E-state index contributed by atoms with van der Waals surface area (Å²) < 4.78 is 5.76. The first-order valence-electron chi connectivity index (χ1n) is 7.11. The molecule has 0 saturated carbocycles. The number of nitrogens with zero attached hydrogens (tertiary/aromatic N) is 1. The van der Waals surface area contributed by atoms with Gasteiger partial charge in [0.05, 0.1) is 4.91 Å². The summed E-state index contributed by atoms with van der Waals surface area (Å²) in [7, 11) is 0. The maximum atomic E-state index is 12.2. The van der Waals surface area contributed by atoms with Crippen LogP contribution in [0, 0.1) is 6.92 Å². The molecule has 1 fully saturated rings. The second-order valence-electron chi connectivity index (χ2n) is 5.15. The Morgan fingerprint density at radius 3 is 2.61 bits per heavy atom. The van der Waals surface area contributed by atoms with Crippen molar-refractivity contribution in [1.82, 2.24) is 4.90 Å². The molecule has 23 heavy (non-hydrogen) atoms. The number of carbonyl (C=O) groups excluding carboxylic acids is 2. The van der Waals surface area contributed by atoms with E-state index in [9.17, 15) is 9.59 Å². The Bertz CT molecular complexity index is 802. The Kier molecular flexibility index (Phi) is 4.21. The second kappa shape index (κ2) is 6.30. The van der Waals surface area contributed by atoms with Crippen LogP contribution in [0.15, 0.2) is 58.4 Å². The first-order chi connectivity index (χ1) is 11.1. The Balaban J connectivity index is 1.84. The minimum atomic E-state index is -0.312. The van der Waals surface area contributed by atoms with E-state index in [1.165, 1.54) is 11.6 Å². The molecule has 5 heteroatoms. The summed E-state index contributed by atoms with van der Waals surface area (Å²) in [5.41, 5.74) is 2.14. The van der Waals surface area contributed by atoms with Gasteiger partial charge in [0.15, 0.2) is 0 Å². The van der Waals surface area contributed by atoms with E-state index in [4.69, 9.17) is 4.42 Å². The van der Waals surface area contributed by atoms with Gasteiger partial charge in [-0.1, -0.05) is 35.9 Å². The number of hydrogen-bond donors (Lipinski definition) is 0. The number of imide groups is 1. The van der Waals surface area contributed by atoms with Crippen molar-refractivity contribution in [2.45, 2.75) is 6.92 Å². The maximum Gasteiger partial charge on any atom is 0.293 e. The standard InChI is InChI=1S/C18H15NO3S/c1-3-10-19-17(20)16(23-18(19)21)11-14-8-9-15(22-14)13-6-4-12(2)5-7-13/h3-9,11H,1,10H2,2H3. The summed E-state index contributed by atoms with van der Waals surface area (Å²) >= 11 is 0.914. The van der Waals surface area contributed by atoms with Crippen molar-refractivity contribution >= 4 is 29.0 Å². The normalized spacial score (nSPS) is 16.4. The van der Waals surface area contributed by atoms with Gasteiger partial charge in [0, 0.05) is 18.2 Å². The number of aryl methyl sites for hydroxylation is 1. The lowest BCUT2D eigenvalue weighted by atomic mass is 10.1. The number of carbonyl (C=O) groups is 2. The third-order valence-electron chi connectivity index (χ3n) is 3.42. The minimum Gasteiger partial charge on any atom is -0.457 e. The molecule has 1 aliphatic rings. The smallest absolute Gasteiger partial charge is 0.293 e. The van der Waals surface area contributed by atoms with E-state index in [1.54, 1.807) is 12.1 Å². The fourth-order valence-corrected chi connectivity index (χ4v) is 3.05. The molecule has 2 heterocycles. The highest BCUT2D eigenvalue weighted by molar-refractivity contribution is 8.18. The first kappa shape index (κ1) is 15.4. The molecule has 1 saturated heterocycles. The van der Waals surface area contributed by atoms with Crippen LogP contribution in [0.5, 0.6) is 0 Å². The summed E-state index contributed by atoms with van der Waals surface area (Å²) in [5.74, 6) is 0.958. The molecule has 3 rings (SSSR count). The molecule has 4 nitrogen and oxygen atoms in total. The van der Waals surface area contributed by atoms with Gasteiger partial charge in [-0.05, 0) is 30.8 Å². The second-order valence-corrected chi connectivity index (χ2v) is 6.14. The zero-order valence-corrected chi connectivity index (χ0v) is 13.4. The Hall–Kier alpha value is -2.53. The Morgan fingerprint density at radius 2 is 1.91 bits per heavy atom. The maximum absolute atomic E-state index is 12.2. The molecule has 0 aliphatic carbocycles. The monoisotopic (exact) mass is 325 g/mol. The van der Waals surface area contributed by atoms with Crippen LogP contribution in [-0.4, -0.2) is 22.6 Å². The van der Waals surface area contributed by atoms with Gasteiger partial charge in [-0.15, -0.1) is 6.58 Å². The molecule has 0 radical (unpaired) electrons. The van der Waals surface area contributed by atoms with E-state index in [-0.39, 0.29) is 17.7 Å². The van der Waals surface area contributed by atoms with Crippen LogP contribution in [0.2, 0.25) is 0 Å². The van der Waals surface area contributed by atoms with E-state index in [2.05, 4.69) is 6.58 Å². The largest absolute Gasteiger partial charge is 0.457 e. The zero-order chi connectivity index (χ0) is 16.4. The van der Waals surface area contributed by atoms with E-state index >= 15 is 0 Å². The van der Waals surface area contributed by atoms with E-state index in [0.29, 0.717) is 10.7 Å². The van der Waals surface area contributed by atoms with Crippen LogP contribution < -0.4 is 0 Å². The van der Waals surface area contributed by atoms with Crippen LogP contribution in [-0.2, 0) is 4.79 Å². The average molecular weight is 325 g/mol. The Labute approximate surface area is 138 Å². The molecule has 1 aromatic heterocycles. The molecule has 2 aromatic rings. The van der Waals surface area contributed by atoms with E-state index in [0.717, 1.165) is 28.0 Å². The van der Waals surface area contributed by atoms with Crippen molar-refractivity contribution in [2.24, 2.45) is 0 Å². The van der Waals surface area contributed by atoms with Crippen LogP contribution >= 0.6 is 11.8 Å². The molecular formula is C18H15NO3S. The van der Waals surface area contributed by atoms with E-state index in [1.807, 2.05) is 37.3 Å². The lowest BCUT2D eigenvalue weighted by Gasteiger charge is -2.07. The van der Waals surface area contributed by atoms with Crippen molar-refractivity contribution in [2.75, 3.05) is 6.54 Å². The number of thioether (sulfide) groups is 1. The van der Waals surface area contributed by atoms with Gasteiger partial charge in [-0.25, -0.2) is 0 Å². The fourth-order valence-electron chi connectivity index (χ4n) is 2.22. The third-order valence-corrected chi connectivity index (χ3v) is 4.33. The van der Waals surface area contributed by atoms with Gasteiger partial charge >= 0.3 is 0 Å². The number of benzene rings is 1. The number of rotatable bonds is 4. The lowest BCUT2D eigenvalue weighted by Crippen LogP contribution is -2.27. The summed E-state index contributed by atoms with van der Waals surface area (Å²) in [5, 5.41) is -0.286. The SMILES string of the molecule is C=CCN1C(=O)SC(=Cc2ccc(-c3ccc(C)cc3)o2)C1=O. The van der Waals surface area contributed by atoms with Crippen LogP contribution in [0.25, 0.3) is 17.4 Å². The highest BCUT2D eigenvalue weighted by atomic mass is 32.2. The molecule has 0 bridgehead atoms. The molecule has 0 unspecified atom stereocenters. The first-order valence-corrected chi connectivity index (χ1v) is 7.93. The lowest BCUT2D eigenvalue weighted by molar-refractivity contribution is -0.122. The van der Waals surface area contributed by atoms with Crippen LogP contribution in [0.3, 0.4) is 0 Å². The van der Waals surface area contributed by atoms with E-state index < -0.39 is 0 Å². The molecule has 1 aliphatic heterocycles. The molecule has 1 aromatic carbocycles. The average Bonchev–Trinajstić information content (AvgIpc) is 3.09. The van der Waals surface area contributed by atoms with Gasteiger partial charge in [-0.3, -0.25) is 14.5 Å². The molecule has 2 amide bonds. The van der Waals surface area contributed by atoms with Crippen LogP contribution in [0.1, 0.15) is 11.3 Å². The minimum absolute atomic E-state index is 0.217. The number of hydrogen-bond acceptors (Lipinski definition) is 4. The summed E-state index contributed by atoms with van der Waals surface area (Å²) in [6.45, 7) is 5.79. The van der Waals surface area contributed by atoms with Crippen molar-refractivity contribution in [3.05, 3.63) is 65.3 Å². The van der Waals surface area contributed by atoms with Gasteiger partial charge in [0.1, 0.15) is 11.5 Å². The Morgan fingerprint density at radius 1 is 1.17 bits per heavy atom. The summed E-state index contributed by atoms with van der Waals surface area (Å²) in [6.07, 6.45) is 3.13. The molecule has 116 valence electrons. The van der Waals surface area contributed by atoms with Gasteiger partial charge in [-0.2, -0.15) is 0 Å². The quantitative estimate of drug-likeness (QED) is 0.614. The molecule has 0 spiro atoms.